The van der Waals surface area contributed by atoms with Gasteiger partial charge in [0, 0.05) is 42.7 Å². The maximum Gasteiger partial charge on any atom is 0.236 e. The Kier molecular flexibility index (Phi) is 5.02. The number of fused-ring (bicyclic) bond motifs is 2. The van der Waals surface area contributed by atoms with Gasteiger partial charge in [-0.3, -0.25) is 4.98 Å². The van der Waals surface area contributed by atoms with Gasteiger partial charge in [0.1, 0.15) is 11.9 Å². The van der Waals surface area contributed by atoms with Gasteiger partial charge in [0.25, 0.3) is 0 Å². The van der Waals surface area contributed by atoms with E-state index in [0.717, 1.165) is 42.6 Å². The van der Waals surface area contributed by atoms with E-state index in [-0.39, 0.29) is 18.2 Å². The first-order valence-electron chi connectivity index (χ1n) is 9.36. The fraction of sp³-hybridized carbons (Fsp3) is 0.381. The lowest BCUT2D eigenvalue weighted by Crippen LogP contribution is -2.48. The van der Waals surface area contributed by atoms with Gasteiger partial charge in [-0.05, 0) is 43.5 Å². The number of sulfonamides is 1. The Balaban J connectivity index is 1.46. The topological polar surface area (TPSA) is 59.5 Å². The summed E-state index contributed by atoms with van der Waals surface area (Å²) in [5.74, 6) is 0.796. The van der Waals surface area contributed by atoms with Gasteiger partial charge in [-0.15, -0.1) is 0 Å². The summed E-state index contributed by atoms with van der Waals surface area (Å²) in [4.78, 5) is 4.00. The second kappa shape index (κ2) is 7.44. The van der Waals surface area contributed by atoms with E-state index in [1.54, 1.807) is 22.8 Å². The van der Waals surface area contributed by atoms with E-state index >= 15 is 0 Å². The zero-order chi connectivity index (χ0) is 18.9. The first kappa shape index (κ1) is 18.2. The molecule has 142 valence electrons. The monoisotopic (exact) mass is 384 g/mol. The summed E-state index contributed by atoms with van der Waals surface area (Å²) in [6, 6.07) is 11.6. The molecule has 0 aliphatic carbocycles. The molecule has 2 fully saturated rings. The van der Waals surface area contributed by atoms with Gasteiger partial charge in [-0.25, -0.2) is 8.42 Å². The fourth-order valence-electron chi connectivity index (χ4n) is 4.12. The van der Waals surface area contributed by atoms with Crippen molar-refractivity contribution >= 4 is 16.1 Å². The van der Waals surface area contributed by atoms with Crippen LogP contribution in [0.1, 0.15) is 36.8 Å². The number of pyridine rings is 1. The maximum absolute atomic E-state index is 12.9. The van der Waals surface area contributed by atoms with E-state index in [2.05, 4.69) is 4.98 Å². The molecule has 27 heavy (non-hydrogen) atoms. The third-order valence-corrected chi connectivity index (χ3v) is 7.04. The third-order valence-electron chi connectivity index (χ3n) is 5.38. The molecular formula is C21H24N2O3S. The van der Waals surface area contributed by atoms with Gasteiger partial charge in [0.15, 0.2) is 0 Å². The van der Waals surface area contributed by atoms with Gasteiger partial charge >= 0.3 is 0 Å². The van der Waals surface area contributed by atoms with Crippen LogP contribution in [0.25, 0.3) is 6.08 Å². The van der Waals surface area contributed by atoms with Gasteiger partial charge in [-0.1, -0.05) is 29.8 Å². The number of rotatable bonds is 5. The normalized spacial score (nSPS) is 25.7. The van der Waals surface area contributed by atoms with Crippen LogP contribution in [0.3, 0.4) is 0 Å². The molecule has 0 spiro atoms. The fourth-order valence-corrected chi connectivity index (χ4v) is 5.80. The highest BCUT2D eigenvalue weighted by atomic mass is 32.2. The van der Waals surface area contributed by atoms with Gasteiger partial charge in [0.2, 0.25) is 10.0 Å². The van der Waals surface area contributed by atoms with Gasteiger partial charge < -0.3 is 4.74 Å². The zero-order valence-corrected chi connectivity index (χ0v) is 16.2. The Morgan fingerprint density at radius 2 is 1.67 bits per heavy atom. The Bertz CT molecular complexity index is 896. The molecule has 0 amide bonds. The van der Waals surface area contributed by atoms with E-state index < -0.39 is 10.0 Å². The molecule has 0 radical (unpaired) electrons. The number of aryl methyl sites for hydroxylation is 1. The molecule has 2 bridgehead atoms. The molecule has 2 aliphatic heterocycles. The lowest BCUT2D eigenvalue weighted by atomic mass is 10.0. The van der Waals surface area contributed by atoms with Crippen LogP contribution in [0, 0.1) is 6.92 Å². The van der Waals surface area contributed by atoms with Gasteiger partial charge in [-0.2, -0.15) is 4.31 Å². The Labute approximate surface area is 160 Å². The van der Waals surface area contributed by atoms with E-state index in [4.69, 9.17) is 4.74 Å². The number of hydrogen-bond donors (Lipinski definition) is 0. The summed E-state index contributed by atoms with van der Waals surface area (Å²) in [5, 5.41) is 1.35. The first-order chi connectivity index (χ1) is 13.0. The Morgan fingerprint density at radius 1 is 1.04 bits per heavy atom. The number of nitrogens with zero attached hydrogens (tertiary/aromatic N) is 2. The predicted octanol–water partition coefficient (Wildman–Crippen LogP) is 3.76. The Hall–Kier alpha value is -2.18. The summed E-state index contributed by atoms with van der Waals surface area (Å²) in [7, 11) is -3.44. The van der Waals surface area contributed by atoms with E-state index in [1.165, 1.54) is 5.41 Å². The minimum Gasteiger partial charge on any atom is -0.490 e. The maximum atomic E-state index is 12.9. The van der Waals surface area contributed by atoms with Crippen molar-refractivity contribution in [2.24, 2.45) is 0 Å². The van der Waals surface area contributed by atoms with Crippen molar-refractivity contribution in [1.29, 1.82) is 0 Å². The second-order valence-electron chi connectivity index (χ2n) is 7.37. The van der Waals surface area contributed by atoms with Crippen molar-refractivity contribution in [3.8, 4) is 5.75 Å². The molecule has 2 unspecified atom stereocenters. The van der Waals surface area contributed by atoms with Crippen LogP contribution >= 0.6 is 0 Å². The lowest BCUT2D eigenvalue weighted by Gasteiger charge is -2.37. The highest BCUT2D eigenvalue weighted by Gasteiger charge is 2.46. The summed E-state index contributed by atoms with van der Waals surface area (Å²) >= 11 is 0. The van der Waals surface area contributed by atoms with Crippen molar-refractivity contribution in [3.63, 3.8) is 0 Å². The van der Waals surface area contributed by atoms with E-state index in [0.29, 0.717) is 0 Å². The molecule has 0 N–H and O–H groups in total. The molecule has 2 aromatic rings. The molecule has 1 aromatic heterocycles. The van der Waals surface area contributed by atoms with Crippen LogP contribution in [0.2, 0.25) is 0 Å². The molecule has 0 saturated carbocycles. The Morgan fingerprint density at radius 3 is 2.30 bits per heavy atom. The minimum absolute atomic E-state index is 0.0169. The third kappa shape index (κ3) is 4.06. The number of hydrogen-bond acceptors (Lipinski definition) is 4. The molecule has 2 aliphatic rings. The van der Waals surface area contributed by atoms with Crippen LogP contribution in [0.15, 0.2) is 54.2 Å². The largest absolute Gasteiger partial charge is 0.490 e. The predicted molar refractivity (Wildman–Crippen MR) is 106 cm³/mol. The summed E-state index contributed by atoms with van der Waals surface area (Å²) in [6.45, 7) is 2.01. The van der Waals surface area contributed by atoms with Crippen molar-refractivity contribution in [1.82, 2.24) is 9.29 Å². The minimum atomic E-state index is -3.44. The highest BCUT2D eigenvalue weighted by molar-refractivity contribution is 7.92. The molecule has 3 heterocycles. The summed E-state index contributed by atoms with van der Waals surface area (Å²) in [5.41, 5.74) is 2.05. The van der Waals surface area contributed by atoms with Crippen LogP contribution in [0.5, 0.6) is 5.75 Å². The average molecular weight is 385 g/mol. The van der Waals surface area contributed by atoms with Crippen molar-refractivity contribution < 1.29 is 13.2 Å². The van der Waals surface area contributed by atoms with Crippen molar-refractivity contribution in [3.05, 3.63) is 65.3 Å². The second-order valence-corrected chi connectivity index (χ2v) is 9.09. The number of piperidine rings is 1. The number of ether oxygens (including phenoxy) is 1. The SMILES string of the molecule is Cc1ccc(/C=C/S(=O)(=O)N2C3CCC2CC(Oc2ccncc2)C3)cc1. The standard InChI is InChI=1S/C21H24N2O3S/c1-16-2-4-17(5-3-16)10-13-27(24,25)23-18-6-7-19(23)15-21(14-18)26-20-8-11-22-12-9-20/h2-5,8-13,18-19,21H,6-7,14-15H2,1H3/b13-10+. The zero-order valence-electron chi connectivity index (χ0n) is 15.4. The summed E-state index contributed by atoms with van der Waals surface area (Å²) < 4.78 is 33.7. The van der Waals surface area contributed by atoms with Crippen molar-refractivity contribution in [2.45, 2.75) is 50.8 Å². The molecule has 2 saturated heterocycles. The average Bonchev–Trinajstić information content (AvgIpc) is 2.95. The first-order valence-corrected chi connectivity index (χ1v) is 10.9. The molecule has 2 atom stereocenters. The highest BCUT2D eigenvalue weighted by Crippen LogP contribution is 2.39. The smallest absolute Gasteiger partial charge is 0.236 e. The van der Waals surface area contributed by atoms with E-state index in [1.807, 2.05) is 43.3 Å². The van der Waals surface area contributed by atoms with Crippen LogP contribution < -0.4 is 4.74 Å². The van der Waals surface area contributed by atoms with Crippen molar-refractivity contribution in [2.75, 3.05) is 0 Å². The van der Waals surface area contributed by atoms with Gasteiger partial charge in [0.05, 0.1) is 0 Å². The van der Waals surface area contributed by atoms with E-state index in [9.17, 15) is 8.42 Å². The quantitative estimate of drug-likeness (QED) is 0.787. The lowest BCUT2D eigenvalue weighted by molar-refractivity contribution is 0.0963. The summed E-state index contributed by atoms with van der Waals surface area (Å²) in [6.07, 6.45) is 8.42. The molecule has 4 rings (SSSR count). The van der Waals surface area contributed by atoms with Crippen LogP contribution in [0.4, 0.5) is 0 Å². The number of aromatic nitrogens is 1. The molecule has 6 heteroatoms. The molecule has 5 nitrogen and oxygen atoms in total. The number of benzene rings is 1. The van der Waals surface area contributed by atoms with Crippen LogP contribution in [-0.2, 0) is 10.0 Å². The van der Waals surface area contributed by atoms with Crippen LogP contribution in [-0.4, -0.2) is 35.9 Å². The molecule has 1 aromatic carbocycles. The molecular weight excluding hydrogens is 360 g/mol.